The number of rotatable bonds is 3. The Morgan fingerprint density at radius 2 is 2.11 bits per heavy atom. The third kappa shape index (κ3) is 3.13. The maximum absolute atomic E-state index is 9.79. The second kappa shape index (κ2) is 6.08. The molecule has 3 aliphatic heterocycles. The Bertz CT molecular complexity index is 292. The van der Waals surface area contributed by atoms with Crippen LogP contribution in [-0.4, -0.2) is 73.5 Å². The Labute approximate surface area is 116 Å². The molecule has 4 nitrogen and oxygen atoms in total. The van der Waals surface area contributed by atoms with Crippen LogP contribution in [0.3, 0.4) is 0 Å². The van der Waals surface area contributed by atoms with Gasteiger partial charge >= 0.3 is 0 Å². The number of fused-ring (bicyclic) bond motifs is 1. The fraction of sp³-hybridized carbons (Fsp3) is 1.00. The zero-order valence-corrected chi connectivity index (χ0v) is 12.0. The summed E-state index contributed by atoms with van der Waals surface area (Å²) in [7, 11) is 0. The van der Waals surface area contributed by atoms with Gasteiger partial charge in [0, 0.05) is 44.2 Å². The number of aliphatic hydroxyl groups excluding tert-OH is 1. The van der Waals surface area contributed by atoms with Gasteiger partial charge in [-0.15, -0.1) is 0 Å². The first-order valence-electron chi connectivity index (χ1n) is 7.96. The molecular weight excluding hydrogens is 240 g/mol. The Morgan fingerprint density at radius 1 is 1.16 bits per heavy atom. The molecule has 0 bridgehead atoms. The van der Waals surface area contributed by atoms with Crippen LogP contribution < -0.4 is 0 Å². The third-order valence-electron chi connectivity index (χ3n) is 5.22. The topological polar surface area (TPSA) is 35.9 Å². The van der Waals surface area contributed by atoms with E-state index in [1.807, 2.05) is 0 Å². The highest BCUT2D eigenvalue weighted by atomic mass is 16.5. The average molecular weight is 268 g/mol. The van der Waals surface area contributed by atoms with Gasteiger partial charge in [-0.3, -0.25) is 9.80 Å². The first-order chi connectivity index (χ1) is 9.31. The summed E-state index contributed by atoms with van der Waals surface area (Å²) >= 11 is 0. The van der Waals surface area contributed by atoms with Crippen molar-refractivity contribution in [1.82, 2.24) is 9.80 Å². The number of ether oxygens (including phenoxy) is 1. The molecule has 0 saturated carbocycles. The summed E-state index contributed by atoms with van der Waals surface area (Å²) in [6, 6.07) is 0.766. The molecular formula is C15H28N2O2. The summed E-state index contributed by atoms with van der Waals surface area (Å²) in [6.07, 6.45) is 6.35. The quantitative estimate of drug-likeness (QED) is 0.826. The summed E-state index contributed by atoms with van der Waals surface area (Å²) in [6.45, 7) is 7.79. The fourth-order valence-corrected chi connectivity index (χ4v) is 4.05. The molecule has 3 aliphatic rings. The van der Waals surface area contributed by atoms with Gasteiger partial charge in [-0.1, -0.05) is 6.42 Å². The monoisotopic (exact) mass is 268 g/mol. The van der Waals surface area contributed by atoms with E-state index in [2.05, 4.69) is 9.80 Å². The third-order valence-corrected chi connectivity index (χ3v) is 5.22. The minimum absolute atomic E-state index is 0.00901. The molecule has 0 spiro atoms. The van der Waals surface area contributed by atoms with Gasteiger partial charge in [-0.2, -0.15) is 0 Å². The summed E-state index contributed by atoms with van der Waals surface area (Å²) in [4.78, 5) is 5.25. The van der Waals surface area contributed by atoms with Crippen LogP contribution in [0.15, 0.2) is 0 Å². The predicted molar refractivity (Wildman–Crippen MR) is 75.2 cm³/mol. The van der Waals surface area contributed by atoms with Crippen molar-refractivity contribution < 1.29 is 9.84 Å². The number of piperazine rings is 1. The zero-order valence-electron chi connectivity index (χ0n) is 12.0. The summed E-state index contributed by atoms with van der Waals surface area (Å²) in [5.74, 6) is 0. The molecule has 3 saturated heterocycles. The number of aliphatic hydroxyl groups is 1. The molecule has 110 valence electrons. The smallest absolute Gasteiger partial charge is 0.0556 e. The van der Waals surface area contributed by atoms with Gasteiger partial charge in [0.05, 0.1) is 13.2 Å². The van der Waals surface area contributed by atoms with Crippen molar-refractivity contribution in [2.45, 2.75) is 38.1 Å². The summed E-state index contributed by atoms with van der Waals surface area (Å²) in [5.41, 5.74) is 0.00901. The van der Waals surface area contributed by atoms with E-state index in [9.17, 15) is 5.11 Å². The van der Waals surface area contributed by atoms with E-state index in [4.69, 9.17) is 4.74 Å². The van der Waals surface area contributed by atoms with Crippen LogP contribution in [0.25, 0.3) is 0 Å². The Kier molecular flexibility index (Phi) is 4.42. The van der Waals surface area contributed by atoms with Crippen LogP contribution in [0.2, 0.25) is 0 Å². The molecule has 2 unspecified atom stereocenters. The Hall–Kier alpha value is -0.160. The van der Waals surface area contributed by atoms with Crippen LogP contribution in [-0.2, 0) is 4.74 Å². The molecule has 0 aromatic heterocycles. The highest BCUT2D eigenvalue weighted by Crippen LogP contribution is 2.31. The van der Waals surface area contributed by atoms with E-state index < -0.39 is 0 Å². The van der Waals surface area contributed by atoms with Crippen molar-refractivity contribution in [1.29, 1.82) is 0 Å². The first kappa shape index (κ1) is 13.8. The van der Waals surface area contributed by atoms with Gasteiger partial charge in [0.1, 0.15) is 0 Å². The van der Waals surface area contributed by atoms with E-state index in [1.165, 1.54) is 38.9 Å². The molecule has 1 N–H and O–H groups in total. The highest BCUT2D eigenvalue weighted by Gasteiger charge is 2.37. The molecule has 0 aromatic rings. The maximum Gasteiger partial charge on any atom is 0.0556 e. The van der Waals surface area contributed by atoms with Crippen LogP contribution >= 0.6 is 0 Å². The minimum Gasteiger partial charge on any atom is -0.396 e. The molecule has 19 heavy (non-hydrogen) atoms. The lowest BCUT2D eigenvalue weighted by Crippen LogP contribution is -2.57. The van der Waals surface area contributed by atoms with Crippen molar-refractivity contribution in [3.8, 4) is 0 Å². The highest BCUT2D eigenvalue weighted by molar-refractivity contribution is 4.90. The largest absolute Gasteiger partial charge is 0.396 e. The van der Waals surface area contributed by atoms with E-state index in [0.29, 0.717) is 0 Å². The predicted octanol–water partition coefficient (Wildman–Crippen LogP) is 0.946. The molecule has 3 fully saturated rings. The van der Waals surface area contributed by atoms with Crippen LogP contribution in [0.5, 0.6) is 0 Å². The lowest BCUT2D eigenvalue weighted by molar-refractivity contribution is -0.0670. The van der Waals surface area contributed by atoms with E-state index in [-0.39, 0.29) is 12.0 Å². The molecule has 3 heterocycles. The summed E-state index contributed by atoms with van der Waals surface area (Å²) in [5, 5.41) is 9.79. The van der Waals surface area contributed by atoms with E-state index >= 15 is 0 Å². The number of hydrogen-bond acceptors (Lipinski definition) is 4. The zero-order chi connectivity index (χ0) is 13.1. The second-order valence-electron chi connectivity index (χ2n) is 6.73. The SMILES string of the molecule is OCC1(CN2CCN3CCCCC3C2)CCCOC1. The number of hydrogen-bond donors (Lipinski definition) is 1. The minimum atomic E-state index is 0.00901. The van der Waals surface area contributed by atoms with Crippen molar-refractivity contribution in [2.24, 2.45) is 5.41 Å². The number of nitrogens with zero attached hydrogens (tertiary/aromatic N) is 2. The average Bonchev–Trinajstić information content (AvgIpc) is 2.48. The first-order valence-corrected chi connectivity index (χ1v) is 7.96. The number of piperidine rings is 1. The summed E-state index contributed by atoms with van der Waals surface area (Å²) < 4.78 is 5.63. The van der Waals surface area contributed by atoms with E-state index in [0.717, 1.165) is 45.2 Å². The van der Waals surface area contributed by atoms with Gasteiger partial charge in [0.25, 0.3) is 0 Å². The fourth-order valence-electron chi connectivity index (χ4n) is 4.05. The van der Waals surface area contributed by atoms with Gasteiger partial charge in [0.2, 0.25) is 0 Å². The van der Waals surface area contributed by atoms with Crippen molar-refractivity contribution in [3.05, 3.63) is 0 Å². The maximum atomic E-state index is 9.79. The van der Waals surface area contributed by atoms with Crippen LogP contribution in [0, 0.1) is 5.41 Å². The lowest BCUT2D eigenvalue weighted by Gasteiger charge is -2.47. The van der Waals surface area contributed by atoms with E-state index in [1.54, 1.807) is 0 Å². The molecule has 0 aliphatic carbocycles. The van der Waals surface area contributed by atoms with Crippen molar-refractivity contribution in [2.75, 3.05) is 52.5 Å². The van der Waals surface area contributed by atoms with Gasteiger partial charge in [-0.05, 0) is 32.2 Å². The van der Waals surface area contributed by atoms with Gasteiger partial charge in [-0.25, -0.2) is 0 Å². The van der Waals surface area contributed by atoms with Crippen LogP contribution in [0.1, 0.15) is 32.1 Å². The Balaban J connectivity index is 1.57. The van der Waals surface area contributed by atoms with Gasteiger partial charge < -0.3 is 9.84 Å². The molecule has 3 rings (SSSR count). The van der Waals surface area contributed by atoms with Crippen molar-refractivity contribution >= 4 is 0 Å². The molecule has 0 aromatic carbocycles. The van der Waals surface area contributed by atoms with Gasteiger partial charge in [0.15, 0.2) is 0 Å². The second-order valence-corrected chi connectivity index (χ2v) is 6.73. The Morgan fingerprint density at radius 3 is 2.89 bits per heavy atom. The standard InChI is InChI=1S/C15H28N2O2/c18-12-15(5-3-9-19-13-15)11-16-7-8-17-6-2-1-4-14(17)10-16/h14,18H,1-13H2. The van der Waals surface area contributed by atoms with Crippen LogP contribution in [0.4, 0.5) is 0 Å². The molecule has 4 heteroatoms. The normalized spacial score (nSPS) is 38.1. The molecule has 2 atom stereocenters. The van der Waals surface area contributed by atoms with Crippen molar-refractivity contribution in [3.63, 3.8) is 0 Å². The lowest BCUT2D eigenvalue weighted by atomic mass is 9.82. The molecule has 0 radical (unpaired) electrons. The molecule has 0 amide bonds.